The molecule has 2 unspecified atom stereocenters. The SMILES string of the molecule is Cc1c(C(=O)N2CC3CC3(O)C2)cnn1-c1nc2c(c(=O)[nH]1)CCC2. The molecule has 1 aliphatic heterocycles. The first-order valence-corrected chi connectivity index (χ1v) is 8.65. The van der Waals surface area contributed by atoms with Crippen LogP contribution in [0.4, 0.5) is 0 Å². The van der Waals surface area contributed by atoms with Gasteiger partial charge in [-0.05, 0) is 32.6 Å². The number of aromatic amines is 1. The summed E-state index contributed by atoms with van der Waals surface area (Å²) in [6, 6.07) is 0. The molecule has 8 nitrogen and oxygen atoms in total. The second-order valence-corrected chi connectivity index (χ2v) is 7.41. The number of nitrogens with zero attached hydrogens (tertiary/aromatic N) is 4. The molecule has 1 amide bonds. The molecule has 0 radical (unpaired) electrons. The minimum absolute atomic E-state index is 0.123. The molecule has 0 bridgehead atoms. The van der Waals surface area contributed by atoms with Crippen molar-refractivity contribution in [3.8, 4) is 5.95 Å². The van der Waals surface area contributed by atoms with Gasteiger partial charge >= 0.3 is 0 Å². The van der Waals surface area contributed by atoms with Gasteiger partial charge in [0.2, 0.25) is 5.95 Å². The summed E-state index contributed by atoms with van der Waals surface area (Å²) in [7, 11) is 0. The molecule has 8 heteroatoms. The van der Waals surface area contributed by atoms with Crippen molar-refractivity contribution in [2.24, 2.45) is 5.92 Å². The zero-order valence-electron chi connectivity index (χ0n) is 13.9. The molecule has 0 aromatic carbocycles. The Hall–Kier alpha value is -2.48. The normalized spacial score (nSPS) is 26.6. The lowest BCUT2D eigenvalue weighted by atomic mass is 10.2. The van der Waals surface area contributed by atoms with Crippen LogP contribution in [0.5, 0.6) is 0 Å². The van der Waals surface area contributed by atoms with Crippen LogP contribution < -0.4 is 5.56 Å². The Labute approximate surface area is 143 Å². The first-order chi connectivity index (χ1) is 12.0. The maximum absolute atomic E-state index is 12.7. The number of aliphatic hydroxyl groups is 1. The molecular formula is C17H19N5O3. The zero-order chi connectivity index (χ0) is 17.3. The van der Waals surface area contributed by atoms with Gasteiger partial charge in [-0.1, -0.05) is 0 Å². The van der Waals surface area contributed by atoms with Crippen molar-refractivity contribution < 1.29 is 9.90 Å². The summed E-state index contributed by atoms with van der Waals surface area (Å²) in [5.74, 6) is 0.430. The van der Waals surface area contributed by atoms with Crippen LogP contribution in [0.1, 0.15) is 40.2 Å². The fourth-order valence-electron chi connectivity index (χ4n) is 4.14. The van der Waals surface area contributed by atoms with E-state index in [1.165, 1.54) is 10.9 Å². The molecule has 2 aliphatic carbocycles. The Morgan fingerprint density at radius 2 is 2.28 bits per heavy atom. The molecule has 1 saturated heterocycles. The minimum atomic E-state index is -0.674. The van der Waals surface area contributed by atoms with Crippen molar-refractivity contribution in [1.82, 2.24) is 24.6 Å². The molecular weight excluding hydrogens is 322 g/mol. The standard InChI is InChI=1S/C17H19N5O3/c1-9-12(15(24)21-7-10-5-17(10,25)8-21)6-18-22(9)16-19-13-4-2-3-11(13)14(23)20-16/h6,10,25H,2-5,7-8H2,1H3,(H,19,20,23). The van der Waals surface area contributed by atoms with Gasteiger partial charge in [-0.15, -0.1) is 0 Å². The van der Waals surface area contributed by atoms with E-state index < -0.39 is 5.60 Å². The monoisotopic (exact) mass is 341 g/mol. The number of rotatable bonds is 2. The van der Waals surface area contributed by atoms with Crippen molar-refractivity contribution in [3.63, 3.8) is 0 Å². The number of aromatic nitrogens is 4. The van der Waals surface area contributed by atoms with Crippen LogP contribution in [0.2, 0.25) is 0 Å². The third-order valence-electron chi connectivity index (χ3n) is 5.76. The number of H-pyrrole nitrogens is 1. The third-order valence-corrected chi connectivity index (χ3v) is 5.76. The quantitative estimate of drug-likeness (QED) is 0.798. The topological polar surface area (TPSA) is 104 Å². The molecule has 5 rings (SSSR count). The Bertz CT molecular complexity index is 962. The average molecular weight is 341 g/mol. The van der Waals surface area contributed by atoms with Crippen LogP contribution in [-0.4, -0.2) is 54.4 Å². The van der Waals surface area contributed by atoms with E-state index in [1.54, 1.807) is 11.8 Å². The van der Waals surface area contributed by atoms with E-state index in [0.29, 0.717) is 30.3 Å². The molecule has 0 spiro atoms. The second kappa shape index (κ2) is 4.78. The number of fused-ring (bicyclic) bond motifs is 2. The van der Waals surface area contributed by atoms with E-state index in [2.05, 4.69) is 15.1 Å². The van der Waals surface area contributed by atoms with E-state index in [0.717, 1.165) is 36.9 Å². The summed E-state index contributed by atoms with van der Waals surface area (Å²) >= 11 is 0. The number of hydrogen-bond acceptors (Lipinski definition) is 5. The highest BCUT2D eigenvalue weighted by Crippen LogP contribution is 2.49. The Morgan fingerprint density at radius 3 is 3.04 bits per heavy atom. The highest BCUT2D eigenvalue weighted by atomic mass is 16.3. The molecule has 3 aliphatic rings. The van der Waals surface area contributed by atoms with Crippen molar-refractivity contribution in [1.29, 1.82) is 0 Å². The lowest BCUT2D eigenvalue weighted by molar-refractivity contribution is 0.0702. The number of hydrogen-bond donors (Lipinski definition) is 2. The number of carbonyl (C=O) groups excluding carboxylic acids is 1. The number of likely N-dealkylation sites (tertiary alicyclic amines) is 1. The summed E-state index contributed by atoms with van der Waals surface area (Å²) in [4.78, 5) is 33.9. The van der Waals surface area contributed by atoms with Crippen molar-refractivity contribution in [3.05, 3.63) is 39.1 Å². The number of aryl methyl sites for hydroxylation is 1. The molecule has 2 atom stereocenters. The van der Waals surface area contributed by atoms with Gasteiger partial charge in [-0.25, -0.2) is 9.67 Å². The summed E-state index contributed by atoms with van der Waals surface area (Å²) in [5.41, 5.74) is 1.90. The molecule has 2 aromatic heterocycles. The van der Waals surface area contributed by atoms with Crippen LogP contribution in [0.25, 0.3) is 5.95 Å². The smallest absolute Gasteiger partial charge is 0.257 e. The van der Waals surface area contributed by atoms with E-state index in [-0.39, 0.29) is 17.4 Å². The van der Waals surface area contributed by atoms with Crippen LogP contribution in [0, 0.1) is 12.8 Å². The Balaban J connectivity index is 1.48. The molecule has 2 fully saturated rings. The summed E-state index contributed by atoms with van der Waals surface area (Å²) in [6.07, 6.45) is 4.80. The van der Waals surface area contributed by atoms with Gasteiger partial charge in [0, 0.05) is 18.0 Å². The molecule has 130 valence electrons. The lowest BCUT2D eigenvalue weighted by Gasteiger charge is -2.18. The molecule has 25 heavy (non-hydrogen) atoms. The van der Waals surface area contributed by atoms with E-state index in [9.17, 15) is 14.7 Å². The van der Waals surface area contributed by atoms with Crippen LogP contribution >= 0.6 is 0 Å². The number of β-amino-alcohol motifs (C(OH)–C–C–N with tert-alkyl or cyclic N) is 1. The summed E-state index contributed by atoms with van der Waals surface area (Å²) in [6.45, 7) is 2.77. The van der Waals surface area contributed by atoms with Crippen molar-refractivity contribution in [2.45, 2.75) is 38.2 Å². The molecule has 2 N–H and O–H groups in total. The number of amides is 1. The average Bonchev–Trinajstić information content (AvgIpc) is 2.99. The predicted molar refractivity (Wildman–Crippen MR) is 87.7 cm³/mol. The fourth-order valence-corrected chi connectivity index (χ4v) is 4.14. The molecule has 3 heterocycles. The van der Waals surface area contributed by atoms with Crippen LogP contribution in [0.3, 0.4) is 0 Å². The second-order valence-electron chi connectivity index (χ2n) is 7.41. The van der Waals surface area contributed by atoms with Crippen molar-refractivity contribution in [2.75, 3.05) is 13.1 Å². The maximum Gasteiger partial charge on any atom is 0.257 e. The number of carbonyl (C=O) groups is 1. The van der Waals surface area contributed by atoms with Gasteiger partial charge in [-0.2, -0.15) is 5.10 Å². The predicted octanol–water partition coefficient (Wildman–Crippen LogP) is -0.0405. The zero-order valence-corrected chi connectivity index (χ0v) is 13.9. The highest BCUT2D eigenvalue weighted by Gasteiger charge is 2.60. The van der Waals surface area contributed by atoms with Gasteiger partial charge in [0.15, 0.2) is 0 Å². The van der Waals surface area contributed by atoms with Gasteiger partial charge < -0.3 is 10.0 Å². The van der Waals surface area contributed by atoms with Gasteiger partial charge in [0.05, 0.1) is 35.3 Å². The van der Waals surface area contributed by atoms with Crippen LogP contribution in [-0.2, 0) is 12.8 Å². The minimum Gasteiger partial charge on any atom is -0.388 e. The van der Waals surface area contributed by atoms with E-state index >= 15 is 0 Å². The van der Waals surface area contributed by atoms with Gasteiger partial charge in [0.25, 0.3) is 11.5 Å². The highest BCUT2D eigenvalue weighted by molar-refractivity contribution is 5.95. The Kier molecular flexibility index (Phi) is 2.84. The molecule has 1 saturated carbocycles. The third kappa shape index (κ3) is 2.10. The van der Waals surface area contributed by atoms with Gasteiger partial charge in [-0.3, -0.25) is 14.6 Å². The fraction of sp³-hybridized carbons (Fsp3) is 0.529. The number of nitrogens with one attached hydrogen (secondary N) is 1. The van der Waals surface area contributed by atoms with E-state index in [1.807, 2.05) is 0 Å². The summed E-state index contributed by atoms with van der Waals surface area (Å²) in [5, 5.41) is 14.4. The Morgan fingerprint density at radius 1 is 1.44 bits per heavy atom. The van der Waals surface area contributed by atoms with Gasteiger partial charge in [0.1, 0.15) is 0 Å². The maximum atomic E-state index is 12.7. The molecule has 2 aromatic rings. The number of piperidine rings is 1. The van der Waals surface area contributed by atoms with E-state index in [4.69, 9.17) is 0 Å². The lowest BCUT2D eigenvalue weighted by Crippen LogP contribution is -2.33. The largest absolute Gasteiger partial charge is 0.388 e. The van der Waals surface area contributed by atoms with Crippen LogP contribution in [0.15, 0.2) is 11.0 Å². The first kappa shape index (κ1) is 14.8. The first-order valence-electron chi connectivity index (χ1n) is 8.65. The van der Waals surface area contributed by atoms with Crippen molar-refractivity contribution >= 4 is 5.91 Å². The summed E-state index contributed by atoms with van der Waals surface area (Å²) < 4.78 is 1.51.